The quantitative estimate of drug-likeness (QED) is 0.882. The molecule has 2 N–H and O–H groups in total. The Hall–Kier alpha value is -1.59. The van der Waals surface area contributed by atoms with Crippen LogP contribution in [0, 0.1) is 6.92 Å². The van der Waals surface area contributed by atoms with Crippen molar-refractivity contribution in [3.8, 4) is 11.5 Å². The van der Waals surface area contributed by atoms with Crippen molar-refractivity contribution >= 4 is 11.3 Å². The van der Waals surface area contributed by atoms with E-state index >= 15 is 0 Å². The molecule has 0 radical (unpaired) electrons. The van der Waals surface area contributed by atoms with E-state index in [2.05, 4.69) is 4.98 Å². The molecule has 0 unspecified atom stereocenters. The number of aromatic nitrogens is 1. The maximum absolute atomic E-state index is 5.85. The van der Waals surface area contributed by atoms with Crippen molar-refractivity contribution in [3.05, 3.63) is 39.8 Å². The van der Waals surface area contributed by atoms with Gasteiger partial charge in [0, 0.05) is 23.2 Å². The van der Waals surface area contributed by atoms with E-state index in [0.29, 0.717) is 19.8 Å². The van der Waals surface area contributed by atoms with Crippen LogP contribution in [-0.2, 0) is 13.2 Å². The van der Waals surface area contributed by atoms with Crippen molar-refractivity contribution in [2.75, 3.05) is 6.61 Å². The van der Waals surface area contributed by atoms with Crippen LogP contribution in [0.2, 0.25) is 0 Å². The Balaban J connectivity index is 2.17. The minimum absolute atomic E-state index is 0.424. The number of ether oxygens (including phenoxy) is 2. The number of nitrogens with zero attached hydrogens (tertiary/aromatic N) is 1. The van der Waals surface area contributed by atoms with Gasteiger partial charge in [-0.25, -0.2) is 4.98 Å². The predicted molar refractivity (Wildman–Crippen MR) is 76.7 cm³/mol. The topological polar surface area (TPSA) is 57.4 Å². The standard InChI is InChI=1S/C14H18N2O2S/c1-3-17-12-6-4-5-11(7-15)14(12)18-8-13-16-10(2)9-19-13/h4-6,9H,3,7-8,15H2,1-2H3. The molecule has 4 nitrogen and oxygen atoms in total. The van der Waals surface area contributed by atoms with Crippen molar-refractivity contribution in [2.45, 2.75) is 27.0 Å². The van der Waals surface area contributed by atoms with Crippen LogP contribution in [0.5, 0.6) is 11.5 Å². The molecule has 0 atom stereocenters. The van der Waals surface area contributed by atoms with E-state index in [1.807, 2.05) is 37.4 Å². The van der Waals surface area contributed by atoms with E-state index in [9.17, 15) is 0 Å². The maximum Gasteiger partial charge on any atom is 0.166 e. The molecule has 1 heterocycles. The average Bonchev–Trinajstić information content (AvgIpc) is 2.83. The zero-order valence-electron chi connectivity index (χ0n) is 11.2. The monoisotopic (exact) mass is 278 g/mol. The summed E-state index contributed by atoms with van der Waals surface area (Å²) in [6.45, 7) is 5.38. The van der Waals surface area contributed by atoms with Gasteiger partial charge in [-0.2, -0.15) is 0 Å². The van der Waals surface area contributed by atoms with Crippen LogP contribution >= 0.6 is 11.3 Å². The molecule has 0 aliphatic carbocycles. The van der Waals surface area contributed by atoms with Crippen molar-refractivity contribution in [2.24, 2.45) is 5.73 Å². The fourth-order valence-electron chi connectivity index (χ4n) is 1.76. The Labute approximate surface area is 117 Å². The van der Waals surface area contributed by atoms with Crippen molar-refractivity contribution < 1.29 is 9.47 Å². The lowest BCUT2D eigenvalue weighted by Gasteiger charge is -2.14. The maximum atomic E-state index is 5.85. The van der Waals surface area contributed by atoms with Gasteiger partial charge in [0.05, 0.1) is 6.61 Å². The Kier molecular flexibility index (Phi) is 4.76. The smallest absolute Gasteiger partial charge is 0.166 e. The third-order valence-corrected chi connectivity index (χ3v) is 3.53. The molecular weight excluding hydrogens is 260 g/mol. The number of para-hydroxylation sites is 1. The van der Waals surface area contributed by atoms with Gasteiger partial charge in [0.2, 0.25) is 0 Å². The highest BCUT2D eigenvalue weighted by Gasteiger charge is 2.11. The van der Waals surface area contributed by atoms with Crippen LogP contribution < -0.4 is 15.2 Å². The number of hydrogen-bond donors (Lipinski definition) is 1. The fourth-order valence-corrected chi connectivity index (χ4v) is 2.44. The summed E-state index contributed by atoms with van der Waals surface area (Å²) in [5.74, 6) is 1.46. The van der Waals surface area contributed by atoms with Gasteiger partial charge in [-0.05, 0) is 19.9 Å². The molecule has 1 aromatic heterocycles. The highest BCUT2D eigenvalue weighted by Crippen LogP contribution is 2.32. The summed E-state index contributed by atoms with van der Waals surface area (Å²) >= 11 is 1.59. The molecule has 0 amide bonds. The van der Waals surface area contributed by atoms with Crippen LogP contribution in [0.1, 0.15) is 23.2 Å². The SMILES string of the molecule is CCOc1cccc(CN)c1OCc1nc(C)cs1. The molecule has 0 spiro atoms. The lowest BCUT2D eigenvalue weighted by Crippen LogP contribution is -2.05. The summed E-state index contributed by atoms with van der Waals surface area (Å²) < 4.78 is 11.4. The first-order chi connectivity index (χ1) is 9.24. The van der Waals surface area contributed by atoms with E-state index in [-0.39, 0.29) is 0 Å². The number of nitrogens with two attached hydrogens (primary N) is 1. The summed E-state index contributed by atoms with van der Waals surface area (Å²) in [7, 11) is 0. The second kappa shape index (κ2) is 6.54. The molecule has 0 saturated carbocycles. The van der Waals surface area contributed by atoms with Gasteiger partial charge in [-0.3, -0.25) is 0 Å². The van der Waals surface area contributed by atoms with E-state index in [4.69, 9.17) is 15.2 Å². The number of benzene rings is 1. The summed E-state index contributed by atoms with van der Waals surface area (Å²) in [6, 6.07) is 5.77. The number of aryl methyl sites for hydroxylation is 1. The van der Waals surface area contributed by atoms with E-state index in [0.717, 1.165) is 27.8 Å². The molecule has 1 aromatic carbocycles. The zero-order chi connectivity index (χ0) is 13.7. The predicted octanol–water partition coefficient (Wildman–Crippen LogP) is 2.89. The van der Waals surface area contributed by atoms with Gasteiger partial charge in [0.15, 0.2) is 11.5 Å². The van der Waals surface area contributed by atoms with Crippen LogP contribution in [0.15, 0.2) is 23.6 Å². The first-order valence-electron chi connectivity index (χ1n) is 6.23. The molecule has 0 aliphatic rings. The summed E-state index contributed by atoms with van der Waals surface area (Å²) in [5.41, 5.74) is 7.70. The first-order valence-corrected chi connectivity index (χ1v) is 7.11. The van der Waals surface area contributed by atoms with E-state index in [1.54, 1.807) is 11.3 Å². The zero-order valence-corrected chi connectivity index (χ0v) is 12.0. The molecule has 2 rings (SSSR count). The van der Waals surface area contributed by atoms with Crippen molar-refractivity contribution in [1.82, 2.24) is 4.98 Å². The molecule has 0 bridgehead atoms. The minimum Gasteiger partial charge on any atom is -0.490 e. The highest BCUT2D eigenvalue weighted by molar-refractivity contribution is 7.09. The van der Waals surface area contributed by atoms with Crippen LogP contribution in [-0.4, -0.2) is 11.6 Å². The Morgan fingerprint density at radius 1 is 1.32 bits per heavy atom. The summed E-state index contributed by atoms with van der Waals surface area (Å²) in [6.07, 6.45) is 0. The molecular formula is C14H18N2O2S. The summed E-state index contributed by atoms with van der Waals surface area (Å²) in [4.78, 5) is 4.38. The largest absolute Gasteiger partial charge is 0.490 e. The number of hydrogen-bond acceptors (Lipinski definition) is 5. The van der Waals surface area contributed by atoms with E-state index < -0.39 is 0 Å². The van der Waals surface area contributed by atoms with Gasteiger partial charge in [-0.15, -0.1) is 11.3 Å². The molecule has 0 saturated heterocycles. The second-order valence-corrected chi connectivity index (χ2v) is 5.00. The van der Waals surface area contributed by atoms with Gasteiger partial charge in [0.1, 0.15) is 11.6 Å². The normalized spacial score (nSPS) is 10.5. The molecule has 0 aliphatic heterocycles. The average molecular weight is 278 g/mol. The van der Waals surface area contributed by atoms with Gasteiger partial charge >= 0.3 is 0 Å². The van der Waals surface area contributed by atoms with Crippen LogP contribution in [0.25, 0.3) is 0 Å². The van der Waals surface area contributed by atoms with Crippen molar-refractivity contribution in [1.29, 1.82) is 0 Å². The van der Waals surface area contributed by atoms with Crippen molar-refractivity contribution in [3.63, 3.8) is 0 Å². The molecule has 2 aromatic rings. The van der Waals surface area contributed by atoms with E-state index in [1.165, 1.54) is 0 Å². The molecule has 102 valence electrons. The van der Waals surface area contributed by atoms with Crippen LogP contribution in [0.4, 0.5) is 0 Å². The highest BCUT2D eigenvalue weighted by atomic mass is 32.1. The molecule has 19 heavy (non-hydrogen) atoms. The Morgan fingerprint density at radius 2 is 2.16 bits per heavy atom. The number of thiazole rings is 1. The third-order valence-electron chi connectivity index (χ3n) is 2.59. The minimum atomic E-state index is 0.424. The lowest BCUT2D eigenvalue weighted by molar-refractivity contribution is 0.266. The second-order valence-electron chi connectivity index (χ2n) is 4.05. The fraction of sp³-hybridized carbons (Fsp3) is 0.357. The number of rotatable bonds is 6. The molecule has 5 heteroatoms. The van der Waals surface area contributed by atoms with Gasteiger partial charge in [0.25, 0.3) is 0 Å². The summed E-state index contributed by atoms with van der Waals surface area (Å²) in [5, 5.41) is 2.96. The van der Waals surface area contributed by atoms with Crippen LogP contribution in [0.3, 0.4) is 0 Å². The first kappa shape index (κ1) is 13.8. The van der Waals surface area contributed by atoms with Gasteiger partial charge < -0.3 is 15.2 Å². The lowest BCUT2D eigenvalue weighted by atomic mass is 10.2. The Morgan fingerprint density at radius 3 is 2.79 bits per heavy atom. The van der Waals surface area contributed by atoms with Gasteiger partial charge in [-0.1, -0.05) is 12.1 Å². The Bertz CT molecular complexity index is 540. The molecule has 0 fully saturated rings. The third kappa shape index (κ3) is 3.45.